The number of nitrogens with zero attached hydrogens (tertiary/aromatic N) is 2. The third-order valence-corrected chi connectivity index (χ3v) is 7.94. The molecule has 0 aliphatic heterocycles. The molecule has 0 bridgehead atoms. The van der Waals surface area contributed by atoms with Gasteiger partial charge in [-0.2, -0.15) is 13.5 Å². The number of benzene rings is 2. The van der Waals surface area contributed by atoms with Crippen molar-refractivity contribution in [1.82, 2.24) is 4.83 Å². The van der Waals surface area contributed by atoms with E-state index in [2.05, 4.69) is 9.93 Å². The number of nitro benzene ring substituents is 1. The molecule has 0 radical (unpaired) electrons. The van der Waals surface area contributed by atoms with Crippen LogP contribution in [-0.4, -0.2) is 52.9 Å². The molecule has 2 aromatic rings. The largest absolute Gasteiger partial charge is 0.460 e. The number of nitro groups is 1. The summed E-state index contributed by atoms with van der Waals surface area (Å²) in [6.45, 7) is 13.0. The number of sulfonamides is 1. The summed E-state index contributed by atoms with van der Waals surface area (Å²) in [6.07, 6.45) is -0.414. The lowest BCUT2D eigenvalue weighted by atomic mass is 9.61. The van der Waals surface area contributed by atoms with Crippen LogP contribution in [0.3, 0.4) is 0 Å². The predicted molar refractivity (Wildman–Crippen MR) is 159 cm³/mol. The van der Waals surface area contributed by atoms with Crippen LogP contribution in [0.25, 0.3) is 0 Å². The van der Waals surface area contributed by atoms with E-state index in [4.69, 9.17) is 9.47 Å². The summed E-state index contributed by atoms with van der Waals surface area (Å²) in [6, 6.07) is 11.3. The van der Waals surface area contributed by atoms with Crippen molar-refractivity contribution in [2.75, 3.05) is 0 Å². The molecule has 1 aliphatic rings. The van der Waals surface area contributed by atoms with Crippen molar-refractivity contribution >= 4 is 33.4 Å². The standard InChI is InChI=1S/C30H39N3O9S/c1-18-12-14-21(15-13-18)43(39,40)32-31-22-17-30(8,36)25(27(35)42-29(5,6)7)23(24(22)26(34)41-28(2,3)4)19-10-9-11-20(16-19)33(37)38/h9-16,23-25,32,36H,17H2,1-8H3/b31-22-/t23-,24-,25-,30-/m1/s1. The first-order valence-corrected chi connectivity index (χ1v) is 15.2. The van der Waals surface area contributed by atoms with Crippen LogP contribution in [0, 0.1) is 28.9 Å². The average Bonchev–Trinajstić information content (AvgIpc) is 2.84. The number of rotatable bonds is 7. The minimum absolute atomic E-state index is 0.0827. The molecular weight excluding hydrogens is 578 g/mol. The summed E-state index contributed by atoms with van der Waals surface area (Å²) in [7, 11) is -4.20. The van der Waals surface area contributed by atoms with E-state index < -0.39 is 67.9 Å². The van der Waals surface area contributed by atoms with E-state index in [0.29, 0.717) is 0 Å². The predicted octanol–water partition coefficient (Wildman–Crippen LogP) is 4.39. The molecule has 12 nitrogen and oxygen atoms in total. The van der Waals surface area contributed by atoms with Crippen molar-refractivity contribution in [3.05, 3.63) is 69.8 Å². The Morgan fingerprint density at radius 2 is 1.58 bits per heavy atom. The van der Waals surface area contributed by atoms with Crippen LogP contribution >= 0.6 is 0 Å². The Balaban J connectivity index is 2.27. The van der Waals surface area contributed by atoms with Gasteiger partial charge in [0.1, 0.15) is 17.1 Å². The molecule has 43 heavy (non-hydrogen) atoms. The van der Waals surface area contributed by atoms with Crippen molar-refractivity contribution in [1.29, 1.82) is 0 Å². The van der Waals surface area contributed by atoms with Gasteiger partial charge in [-0.05, 0) is 73.1 Å². The summed E-state index contributed by atoms with van der Waals surface area (Å²) in [5.74, 6) is -5.84. The highest BCUT2D eigenvalue weighted by Crippen LogP contribution is 2.48. The maximum Gasteiger partial charge on any atom is 0.315 e. The molecule has 0 saturated heterocycles. The molecule has 1 saturated carbocycles. The second-order valence-corrected chi connectivity index (χ2v) is 14.6. The number of aliphatic hydroxyl groups is 1. The summed E-state index contributed by atoms with van der Waals surface area (Å²) in [5, 5.41) is 27.5. The van der Waals surface area contributed by atoms with Gasteiger partial charge < -0.3 is 14.6 Å². The Morgan fingerprint density at radius 1 is 1.02 bits per heavy atom. The molecule has 0 unspecified atom stereocenters. The van der Waals surface area contributed by atoms with Crippen LogP contribution in [0.4, 0.5) is 5.69 Å². The quantitative estimate of drug-likeness (QED) is 0.259. The van der Waals surface area contributed by atoms with Gasteiger partial charge in [-0.25, -0.2) is 4.83 Å². The molecule has 2 aromatic carbocycles. The molecule has 1 fully saturated rings. The number of carbonyl (C=O) groups is 2. The van der Waals surface area contributed by atoms with Crippen LogP contribution in [0.1, 0.15) is 71.9 Å². The van der Waals surface area contributed by atoms with Gasteiger partial charge in [-0.3, -0.25) is 19.7 Å². The fraction of sp³-hybridized carbons (Fsp3) is 0.500. The monoisotopic (exact) mass is 617 g/mol. The van der Waals surface area contributed by atoms with Gasteiger partial charge in [0, 0.05) is 24.5 Å². The first-order chi connectivity index (χ1) is 19.6. The van der Waals surface area contributed by atoms with Crippen LogP contribution < -0.4 is 4.83 Å². The third-order valence-electron chi connectivity index (χ3n) is 6.71. The maximum absolute atomic E-state index is 13.9. The second kappa shape index (κ2) is 12.0. The Bertz CT molecular complexity index is 1520. The number of nitrogens with one attached hydrogen (secondary N) is 1. The first-order valence-electron chi connectivity index (χ1n) is 13.7. The van der Waals surface area contributed by atoms with Crippen molar-refractivity contribution < 1.29 is 37.5 Å². The zero-order valence-corrected chi connectivity index (χ0v) is 26.4. The number of hydrazone groups is 1. The first kappa shape index (κ1) is 33.7. The van der Waals surface area contributed by atoms with Crippen LogP contribution in [-0.2, 0) is 29.1 Å². The Morgan fingerprint density at radius 3 is 2.12 bits per heavy atom. The highest BCUT2D eigenvalue weighted by Gasteiger charge is 2.57. The number of aryl methyl sites for hydroxylation is 1. The average molecular weight is 618 g/mol. The molecule has 0 spiro atoms. The van der Waals surface area contributed by atoms with E-state index >= 15 is 0 Å². The van der Waals surface area contributed by atoms with Gasteiger partial charge in [0.15, 0.2) is 0 Å². The van der Waals surface area contributed by atoms with Crippen molar-refractivity contribution in [3.63, 3.8) is 0 Å². The van der Waals surface area contributed by atoms with E-state index in [-0.39, 0.29) is 21.9 Å². The summed E-state index contributed by atoms with van der Waals surface area (Å²) < 4.78 is 37.6. The summed E-state index contributed by atoms with van der Waals surface area (Å²) in [4.78, 5) is 40.7. The molecule has 1 aliphatic carbocycles. The highest BCUT2D eigenvalue weighted by atomic mass is 32.2. The van der Waals surface area contributed by atoms with E-state index in [0.717, 1.165) is 5.56 Å². The molecule has 0 amide bonds. The Kier molecular flexibility index (Phi) is 9.42. The minimum atomic E-state index is -4.20. The highest BCUT2D eigenvalue weighted by molar-refractivity contribution is 7.89. The second-order valence-electron chi connectivity index (χ2n) is 12.9. The smallest absolute Gasteiger partial charge is 0.315 e. The molecule has 0 aromatic heterocycles. The lowest BCUT2D eigenvalue weighted by Gasteiger charge is -2.46. The zero-order chi connectivity index (χ0) is 32.5. The Hall–Kier alpha value is -3.84. The number of ether oxygens (including phenoxy) is 2. The number of carbonyl (C=O) groups excluding carboxylic acids is 2. The van der Waals surface area contributed by atoms with E-state index in [1.54, 1.807) is 60.6 Å². The molecule has 2 N–H and O–H groups in total. The number of esters is 2. The Labute approximate surface area is 251 Å². The van der Waals surface area contributed by atoms with Gasteiger partial charge in [-0.15, -0.1) is 0 Å². The van der Waals surface area contributed by atoms with Crippen molar-refractivity contribution in [2.24, 2.45) is 16.9 Å². The normalized spacial score (nSPS) is 23.8. The lowest BCUT2D eigenvalue weighted by Crippen LogP contribution is -2.56. The third kappa shape index (κ3) is 8.38. The molecule has 4 atom stereocenters. The van der Waals surface area contributed by atoms with Crippen LogP contribution in [0.15, 0.2) is 58.5 Å². The summed E-state index contributed by atoms with van der Waals surface area (Å²) in [5.41, 5.74) is -3.33. The maximum atomic E-state index is 13.9. The van der Waals surface area contributed by atoms with Crippen molar-refractivity contribution in [2.45, 2.75) is 89.4 Å². The van der Waals surface area contributed by atoms with Crippen LogP contribution in [0.5, 0.6) is 0 Å². The van der Waals surface area contributed by atoms with Crippen molar-refractivity contribution in [3.8, 4) is 0 Å². The lowest BCUT2D eigenvalue weighted by molar-refractivity contribution is -0.385. The van der Waals surface area contributed by atoms with Gasteiger partial charge >= 0.3 is 11.9 Å². The van der Waals surface area contributed by atoms with E-state index in [1.165, 1.54) is 43.3 Å². The molecular formula is C30H39N3O9S. The number of non-ortho nitro benzene ring substituents is 1. The number of hydrogen-bond donors (Lipinski definition) is 2. The van der Waals surface area contributed by atoms with Gasteiger partial charge in [-0.1, -0.05) is 29.8 Å². The minimum Gasteiger partial charge on any atom is -0.460 e. The SMILES string of the molecule is Cc1ccc(S(=O)(=O)N/N=C2/C[C@@](C)(O)[C@@H](C(=O)OC(C)(C)C)[C@H](c3cccc([N+](=O)[O-])c3)[C@@H]2C(=O)OC(C)(C)C)cc1. The zero-order valence-electron chi connectivity index (χ0n) is 25.6. The fourth-order valence-electron chi connectivity index (χ4n) is 5.02. The van der Waals surface area contributed by atoms with Crippen LogP contribution in [0.2, 0.25) is 0 Å². The van der Waals surface area contributed by atoms with E-state index in [1.807, 2.05) is 0 Å². The summed E-state index contributed by atoms with van der Waals surface area (Å²) >= 11 is 0. The molecule has 3 rings (SSSR count). The topological polar surface area (TPSA) is 174 Å². The van der Waals surface area contributed by atoms with E-state index in [9.17, 15) is 33.2 Å². The molecule has 13 heteroatoms. The number of hydrogen-bond acceptors (Lipinski definition) is 10. The van der Waals surface area contributed by atoms with Gasteiger partial charge in [0.05, 0.1) is 27.0 Å². The molecule has 0 heterocycles. The molecule has 234 valence electrons. The fourth-order valence-corrected chi connectivity index (χ4v) is 5.85. The van der Waals surface area contributed by atoms with Gasteiger partial charge in [0.25, 0.3) is 15.7 Å². The van der Waals surface area contributed by atoms with Gasteiger partial charge in [0.2, 0.25) is 0 Å².